The van der Waals surface area contributed by atoms with E-state index >= 15 is 0 Å². The van der Waals surface area contributed by atoms with Gasteiger partial charge < -0.3 is 4.74 Å². The molecule has 1 heterocycles. The molecule has 2 N–H and O–H groups in total. The van der Waals surface area contributed by atoms with Gasteiger partial charge in [0.2, 0.25) is 0 Å². The monoisotopic (exact) mass is 369 g/mol. The van der Waals surface area contributed by atoms with Crippen molar-refractivity contribution in [3.8, 4) is 5.75 Å². The number of halogens is 2. The summed E-state index contributed by atoms with van der Waals surface area (Å²) in [5.74, 6) is 1.08. The zero-order valence-electron chi connectivity index (χ0n) is 13.4. The van der Waals surface area contributed by atoms with Gasteiger partial charge in [0.05, 0.1) is 22.9 Å². The third-order valence-corrected chi connectivity index (χ3v) is 3.40. The highest BCUT2D eigenvalue weighted by atomic mass is 35.5. The Morgan fingerprint density at radius 2 is 2.04 bits per heavy atom. The molecular formula is C15H17Cl2N5O2. The van der Waals surface area contributed by atoms with E-state index in [1.54, 1.807) is 19.1 Å². The molecule has 2 rings (SSSR count). The average molecular weight is 370 g/mol. The smallest absolute Gasteiger partial charge is 0.363 e. The first-order valence-electron chi connectivity index (χ1n) is 7.21. The van der Waals surface area contributed by atoms with E-state index in [1.165, 1.54) is 6.21 Å². The van der Waals surface area contributed by atoms with Crippen molar-refractivity contribution >= 4 is 35.2 Å². The fourth-order valence-corrected chi connectivity index (χ4v) is 2.32. The molecular weight excluding hydrogens is 353 g/mol. The second kappa shape index (κ2) is 8.12. The number of nitrogens with one attached hydrogen (secondary N) is 2. The molecule has 1 aromatic carbocycles. The Morgan fingerprint density at radius 1 is 1.38 bits per heavy atom. The van der Waals surface area contributed by atoms with E-state index in [2.05, 4.69) is 25.7 Å². The molecule has 9 heteroatoms. The van der Waals surface area contributed by atoms with E-state index in [9.17, 15) is 4.79 Å². The highest BCUT2D eigenvalue weighted by Crippen LogP contribution is 2.34. The van der Waals surface area contributed by atoms with Crippen LogP contribution in [-0.4, -0.2) is 28.0 Å². The lowest BCUT2D eigenvalue weighted by Crippen LogP contribution is -2.15. The molecule has 2 aromatic rings. The molecule has 7 nitrogen and oxygen atoms in total. The van der Waals surface area contributed by atoms with Crippen molar-refractivity contribution in [2.45, 2.75) is 20.8 Å². The third-order valence-electron chi connectivity index (χ3n) is 2.84. The van der Waals surface area contributed by atoms with Gasteiger partial charge in [-0.1, -0.05) is 37.0 Å². The van der Waals surface area contributed by atoms with Crippen molar-refractivity contribution in [2.75, 3.05) is 12.0 Å². The number of H-pyrrole nitrogens is 1. The number of ether oxygens (including phenoxy) is 1. The Balaban J connectivity index is 2.12. The SMILES string of the molecule is Cc1n[nH]c(=O)nc1N/N=C/c1cc(Cl)c(OCC(C)C)c(Cl)c1. The summed E-state index contributed by atoms with van der Waals surface area (Å²) in [5, 5.41) is 10.8. The summed E-state index contributed by atoms with van der Waals surface area (Å²) in [5.41, 5.74) is 3.28. The van der Waals surface area contributed by atoms with Crippen LogP contribution in [0, 0.1) is 12.8 Å². The molecule has 128 valence electrons. The summed E-state index contributed by atoms with van der Waals surface area (Å²) in [6, 6.07) is 3.37. The van der Waals surface area contributed by atoms with Gasteiger partial charge in [0.1, 0.15) is 5.69 Å². The maximum absolute atomic E-state index is 11.1. The summed E-state index contributed by atoms with van der Waals surface area (Å²) in [6.45, 7) is 6.28. The standard InChI is InChI=1S/C15H17Cl2N5O2/c1-8(2)7-24-13-11(16)4-10(5-12(13)17)6-18-21-14-9(3)20-22-15(23)19-14/h4-6,8H,7H2,1-3H3,(H2,19,21,22,23)/b18-6+. The minimum absolute atomic E-state index is 0.268. The lowest BCUT2D eigenvalue weighted by atomic mass is 10.2. The molecule has 0 amide bonds. The van der Waals surface area contributed by atoms with E-state index in [-0.39, 0.29) is 5.82 Å². The van der Waals surface area contributed by atoms with Gasteiger partial charge >= 0.3 is 5.69 Å². The van der Waals surface area contributed by atoms with Crippen molar-refractivity contribution < 1.29 is 4.74 Å². The lowest BCUT2D eigenvalue weighted by molar-refractivity contribution is 0.271. The van der Waals surface area contributed by atoms with Crippen molar-refractivity contribution in [3.63, 3.8) is 0 Å². The Morgan fingerprint density at radius 3 is 2.67 bits per heavy atom. The number of anilines is 1. The summed E-state index contributed by atoms with van der Waals surface area (Å²) in [7, 11) is 0. The first-order valence-corrected chi connectivity index (χ1v) is 7.96. The van der Waals surface area contributed by atoms with Crippen LogP contribution in [0.2, 0.25) is 10.0 Å². The fraction of sp³-hybridized carbons (Fsp3) is 0.333. The number of hydrazone groups is 1. The molecule has 0 aliphatic rings. The van der Waals surface area contributed by atoms with Crippen LogP contribution in [0.15, 0.2) is 22.0 Å². The lowest BCUT2D eigenvalue weighted by Gasteiger charge is -2.12. The Kier molecular flexibility index (Phi) is 6.16. The van der Waals surface area contributed by atoms with Crippen LogP contribution in [0.4, 0.5) is 5.82 Å². The first-order chi connectivity index (χ1) is 11.4. The van der Waals surface area contributed by atoms with Crippen molar-refractivity contribution in [2.24, 2.45) is 11.0 Å². The van der Waals surface area contributed by atoms with Crippen molar-refractivity contribution in [1.29, 1.82) is 0 Å². The van der Waals surface area contributed by atoms with Crippen LogP contribution in [0.1, 0.15) is 25.1 Å². The first kappa shape index (κ1) is 18.2. The number of aromatic nitrogens is 3. The molecule has 0 bridgehead atoms. The number of rotatable bonds is 6. The van der Waals surface area contributed by atoms with Crippen LogP contribution in [0.3, 0.4) is 0 Å². The average Bonchev–Trinajstić information content (AvgIpc) is 2.49. The second-order valence-corrected chi connectivity index (χ2v) is 6.28. The molecule has 0 unspecified atom stereocenters. The van der Waals surface area contributed by atoms with Crippen molar-refractivity contribution in [3.05, 3.63) is 43.9 Å². The Hall–Kier alpha value is -2.12. The van der Waals surface area contributed by atoms with E-state index in [0.29, 0.717) is 39.6 Å². The molecule has 0 aliphatic heterocycles. The van der Waals surface area contributed by atoms with Crippen LogP contribution in [-0.2, 0) is 0 Å². The molecule has 1 aromatic heterocycles. The second-order valence-electron chi connectivity index (χ2n) is 5.46. The number of hydrogen-bond donors (Lipinski definition) is 2. The zero-order valence-corrected chi connectivity index (χ0v) is 14.9. The number of benzene rings is 1. The summed E-state index contributed by atoms with van der Waals surface area (Å²) >= 11 is 12.4. The number of aromatic amines is 1. The molecule has 0 fully saturated rings. The molecule has 0 aliphatic carbocycles. The van der Waals surface area contributed by atoms with Gasteiger partial charge in [-0.3, -0.25) is 5.43 Å². The van der Waals surface area contributed by atoms with E-state index in [0.717, 1.165) is 0 Å². The van der Waals surface area contributed by atoms with Gasteiger partial charge in [-0.2, -0.15) is 15.2 Å². The van der Waals surface area contributed by atoms with E-state index in [4.69, 9.17) is 27.9 Å². The van der Waals surface area contributed by atoms with E-state index in [1.807, 2.05) is 13.8 Å². The number of hydrogen-bond acceptors (Lipinski definition) is 6. The molecule has 0 atom stereocenters. The van der Waals surface area contributed by atoms with Crippen LogP contribution in [0.5, 0.6) is 5.75 Å². The van der Waals surface area contributed by atoms with Gasteiger partial charge in [-0.25, -0.2) is 9.89 Å². The molecule has 0 saturated carbocycles. The Labute approximate surface area is 149 Å². The van der Waals surface area contributed by atoms with E-state index < -0.39 is 5.69 Å². The topological polar surface area (TPSA) is 92.3 Å². The normalized spacial score (nSPS) is 11.2. The molecule has 24 heavy (non-hydrogen) atoms. The minimum atomic E-state index is -0.559. The minimum Gasteiger partial charge on any atom is -0.490 e. The van der Waals surface area contributed by atoms with Gasteiger partial charge in [0.25, 0.3) is 0 Å². The quantitative estimate of drug-likeness (QED) is 0.602. The fourth-order valence-electron chi connectivity index (χ4n) is 1.71. The van der Waals surface area contributed by atoms with Gasteiger partial charge in [-0.05, 0) is 30.5 Å². The highest BCUT2D eigenvalue weighted by Gasteiger charge is 2.10. The number of nitrogens with zero attached hydrogens (tertiary/aromatic N) is 3. The number of aryl methyl sites for hydroxylation is 1. The highest BCUT2D eigenvalue weighted by molar-refractivity contribution is 6.37. The predicted molar refractivity (Wildman–Crippen MR) is 95.4 cm³/mol. The van der Waals surface area contributed by atoms with Crippen LogP contribution >= 0.6 is 23.2 Å². The van der Waals surface area contributed by atoms with Gasteiger partial charge in [0.15, 0.2) is 11.6 Å². The summed E-state index contributed by atoms with van der Waals surface area (Å²) < 4.78 is 5.61. The van der Waals surface area contributed by atoms with Crippen LogP contribution < -0.4 is 15.9 Å². The largest absolute Gasteiger partial charge is 0.490 e. The zero-order chi connectivity index (χ0) is 17.7. The molecule has 0 spiro atoms. The predicted octanol–water partition coefficient (Wildman–Crippen LogP) is 3.26. The van der Waals surface area contributed by atoms with Crippen molar-refractivity contribution in [1.82, 2.24) is 15.2 Å². The molecule has 0 radical (unpaired) electrons. The molecule has 0 saturated heterocycles. The van der Waals surface area contributed by atoms with Gasteiger partial charge in [0, 0.05) is 0 Å². The third kappa shape index (κ3) is 4.94. The Bertz CT molecular complexity index is 782. The van der Waals surface area contributed by atoms with Gasteiger partial charge in [-0.15, -0.1) is 0 Å². The summed E-state index contributed by atoms with van der Waals surface area (Å²) in [4.78, 5) is 14.9. The summed E-state index contributed by atoms with van der Waals surface area (Å²) in [6.07, 6.45) is 1.51. The maximum atomic E-state index is 11.1. The maximum Gasteiger partial charge on any atom is 0.363 e. The van der Waals surface area contributed by atoms with Crippen LogP contribution in [0.25, 0.3) is 0 Å².